The minimum atomic E-state index is -0.195. The van der Waals surface area contributed by atoms with Crippen molar-refractivity contribution in [2.75, 3.05) is 25.0 Å². The molecule has 4 heterocycles. The Bertz CT molecular complexity index is 1210. The highest BCUT2D eigenvalue weighted by Crippen LogP contribution is 2.38. The van der Waals surface area contributed by atoms with Gasteiger partial charge < -0.3 is 20.5 Å². The molecule has 3 aromatic rings. The molecular weight excluding hydrogens is 402 g/mol. The van der Waals surface area contributed by atoms with Crippen LogP contribution in [0.5, 0.6) is 0 Å². The summed E-state index contributed by atoms with van der Waals surface area (Å²) in [5.74, 6) is 0.246. The second kappa shape index (κ2) is 7.91. The summed E-state index contributed by atoms with van der Waals surface area (Å²) in [6.45, 7) is 6.46. The number of amides is 2. The average molecular weight is 430 g/mol. The predicted octanol–water partition coefficient (Wildman–Crippen LogP) is 3.11. The number of aromatic nitrogens is 2. The highest BCUT2D eigenvalue weighted by Gasteiger charge is 2.43. The van der Waals surface area contributed by atoms with Crippen molar-refractivity contribution in [3.05, 3.63) is 76.7 Å². The van der Waals surface area contributed by atoms with Gasteiger partial charge in [0.25, 0.3) is 11.8 Å². The molecule has 0 aliphatic carbocycles. The zero-order valence-electron chi connectivity index (χ0n) is 18.4. The first-order chi connectivity index (χ1) is 15.5. The summed E-state index contributed by atoms with van der Waals surface area (Å²) in [6.07, 6.45) is 5.70. The van der Waals surface area contributed by atoms with Crippen LogP contribution in [0, 0.1) is 13.8 Å². The van der Waals surface area contributed by atoms with E-state index in [-0.39, 0.29) is 17.2 Å². The van der Waals surface area contributed by atoms with Crippen molar-refractivity contribution in [3.8, 4) is 5.69 Å². The van der Waals surface area contributed by atoms with Crippen LogP contribution in [0.15, 0.2) is 48.8 Å². The highest BCUT2D eigenvalue weighted by atomic mass is 16.2. The van der Waals surface area contributed by atoms with E-state index < -0.39 is 0 Å². The summed E-state index contributed by atoms with van der Waals surface area (Å²) < 4.78 is 2.08. The lowest BCUT2D eigenvalue weighted by Gasteiger charge is -2.41. The Kier molecular flexibility index (Phi) is 5.06. The van der Waals surface area contributed by atoms with Crippen molar-refractivity contribution in [2.24, 2.45) is 0 Å². The third-order valence-electron chi connectivity index (χ3n) is 6.73. The van der Waals surface area contributed by atoms with Gasteiger partial charge in [0, 0.05) is 48.2 Å². The number of fused-ring (bicyclic) bond motifs is 2. The van der Waals surface area contributed by atoms with Gasteiger partial charge in [-0.15, -0.1) is 0 Å². The first-order valence-electron chi connectivity index (χ1n) is 11.0. The summed E-state index contributed by atoms with van der Waals surface area (Å²) in [5.41, 5.74) is 5.30. The molecule has 1 spiro atoms. The molecule has 32 heavy (non-hydrogen) atoms. The molecular formula is C25H27N5O2. The minimum Gasteiger partial charge on any atom is -0.351 e. The fourth-order valence-electron chi connectivity index (χ4n) is 4.83. The first-order valence-corrected chi connectivity index (χ1v) is 11.0. The number of rotatable bonds is 3. The smallest absolute Gasteiger partial charge is 0.256 e. The Morgan fingerprint density at radius 3 is 2.78 bits per heavy atom. The van der Waals surface area contributed by atoms with E-state index in [0.717, 1.165) is 54.0 Å². The average Bonchev–Trinajstić information content (AvgIpc) is 3.26. The van der Waals surface area contributed by atoms with Crippen molar-refractivity contribution in [1.29, 1.82) is 0 Å². The zero-order valence-corrected chi connectivity index (χ0v) is 18.4. The first kappa shape index (κ1) is 20.5. The van der Waals surface area contributed by atoms with Crippen molar-refractivity contribution in [2.45, 2.75) is 32.1 Å². The van der Waals surface area contributed by atoms with Gasteiger partial charge in [0.05, 0.1) is 11.3 Å². The van der Waals surface area contributed by atoms with Crippen LogP contribution in [-0.4, -0.2) is 41.0 Å². The largest absolute Gasteiger partial charge is 0.351 e. The number of benzene rings is 1. The molecule has 5 rings (SSSR count). The SMILES string of the molecule is Cc1ccc(C(=O)Nc2cc(-n3ccc4c3C3(CCCNC3)CNC4=O)ccn2)cc1C. The number of carbonyl (C=O) groups excluding carboxylic acids is 2. The zero-order chi connectivity index (χ0) is 22.3. The number of carbonyl (C=O) groups is 2. The summed E-state index contributed by atoms with van der Waals surface area (Å²) in [5, 5.41) is 9.48. The predicted molar refractivity (Wildman–Crippen MR) is 124 cm³/mol. The Balaban J connectivity index is 1.48. The maximum atomic E-state index is 12.8. The third-order valence-corrected chi connectivity index (χ3v) is 6.73. The van der Waals surface area contributed by atoms with E-state index in [2.05, 4.69) is 25.5 Å². The van der Waals surface area contributed by atoms with Gasteiger partial charge in [0.15, 0.2) is 0 Å². The van der Waals surface area contributed by atoms with E-state index in [4.69, 9.17) is 0 Å². The maximum absolute atomic E-state index is 12.8. The van der Waals surface area contributed by atoms with E-state index >= 15 is 0 Å². The van der Waals surface area contributed by atoms with Crippen LogP contribution in [0.1, 0.15) is 50.4 Å². The van der Waals surface area contributed by atoms with Crippen LogP contribution < -0.4 is 16.0 Å². The number of hydrogen-bond acceptors (Lipinski definition) is 4. The number of aryl methyl sites for hydroxylation is 2. The van der Waals surface area contributed by atoms with Gasteiger partial charge in [-0.05, 0) is 68.6 Å². The number of anilines is 1. The van der Waals surface area contributed by atoms with Crippen molar-refractivity contribution < 1.29 is 9.59 Å². The van der Waals surface area contributed by atoms with Gasteiger partial charge >= 0.3 is 0 Å². The summed E-state index contributed by atoms with van der Waals surface area (Å²) >= 11 is 0. The van der Waals surface area contributed by atoms with Gasteiger partial charge in [-0.25, -0.2) is 4.98 Å². The fraction of sp³-hybridized carbons (Fsp3) is 0.320. The molecule has 0 radical (unpaired) electrons. The van der Waals surface area contributed by atoms with Crippen LogP contribution >= 0.6 is 0 Å². The molecule has 1 aromatic carbocycles. The molecule has 0 saturated carbocycles. The van der Waals surface area contributed by atoms with Crippen molar-refractivity contribution >= 4 is 17.6 Å². The minimum absolute atomic E-state index is 0.0349. The monoisotopic (exact) mass is 429 g/mol. The third kappa shape index (κ3) is 3.48. The molecule has 2 aromatic heterocycles. The van der Waals surface area contributed by atoms with Gasteiger partial charge in [-0.1, -0.05) is 6.07 Å². The van der Waals surface area contributed by atoms with Crippen LogP contribution in [0.2, 0.25) is 0 Å². The Hall–Kier alpha value is -3.45. The van der Waals surface area contributed by atoms with E-state index in [1.165, 1.54) is 0 Å². The second-order valence-electron chi connectivity index (χ2n) is 8.84. The molecule has 2 aliphatic rings. The molecule has 1 atom stereocenters. The quantitative estimate of drug-likeness (QED) is 0.597. The number of nitrogens with one attached hydrogen (secondary N) is 3. The summed E-state index contributed by atoms with van der Waals surface area (Å²) in [4.78, 5) is 29.7. The van der Waals surface area contributed by atoms with Gasteiger partial charge in [-0.2, -0.15) is 0 Å². The van der Waals surface area contributed by atoms with Crippen molar-refractivity contribution in [3.63, 3.8) is 0 Å². The lowest BCUT2D eigenvalue weighted by molar-refractivity contribution is 0.0914. The maximum Gasteiger partial charge on any atom is 0.256 e. The number of piperidine rings is 1. The lowest BCUT2D eigenvalue weighted by atomic mass is 9.74. The number of hydrogen-bond donors (Lipinski definition) is 3. The molecule has 164 valence electrons. The summed E-state index contributed by atoms with van der Waals surface area (Å²) in [6, 6.07) is 11.3. The molecule has 1 saturated heterocycles. The van der Waals surface area contributed by atoms with E-state index in [9.17, 15) is 9.59 Å². The Morgan fingerprint density at radius 1 is 1.12 bits per heavy atom. The molecule has 2 amide bonds. The molecule has 0 bridgehead atoms. The normalized spacial score (nSPS) is 20.0. The Morgan fingerprint density at radius 2 is 2.00 bits per heavy atom. The van der Waals surface area contributed by atoms with Gasteiger partial charge in [0.1, 0.15) is 5.82 Å². The van der Waals surface area contributed by atoms with E-state index in [0.29, 0.717) is 17.9 Å². The lowest BCUT2D eigenvalue weighted by Crippen LogP contribution is -2.55. The van der Waals surface area contributed by atoms with Crippen LogP contribution in [0.4, 0.5) is 5.82 Å². The second-order valence-corrected chi connectivity index (χ2v) is 8.84. The molecule has 1 fully saturated rings. The molecule has 1 unspecified atom stereocenters. The van der Waals surface area contributed by atoms with Gasteiger partial charge in [-0.3, -0.25) is 9.59 Å². The number of pyridine rings is 1. The Labute approximate surface area is 187 Å². The van der Waals surface area contributed by atoms with Crippen LogP contribution in [-0.2, 0) is 5.41 Å². The number of nitrogens with zero attached hydrogens (tertiary/aromatic N) is 2. The van der Waals surface area contributed by atoms with Crippen LogP contribution in [0.3, 0.4) is 0 Å². The highest BCUT2D eigenvalue weighted by molar-refractivity contribution is 6.04. The van der Waals surface area contributed by atoms with E-state index in [1.807, 2.05) is 56.4 Å². The van der Waals surface area contributed by atoms with Crippen molar-refractivity contribution in [1.82, 2.24) is 20.2 Å². The standard InChI is InChI=1S/C25H27N5O2/c1-16-4-5-18(12-17(16)2)23(31)29-21-13-19(6-10-27-21)30-11-7-20-22(30)25(15-28-24(20)32)8-3-9-26-14-25/h4-7,10-13,26H,3,8-9,14-15H2,1-2H3,(H,28,32)(H,27,29,31). The van der Waals surface area contributed by atoms with Gasteiger partial charge in [0.2, 0.25) is 0 Å². The molecule has 7 heteroatoms. The fourth-order valence-corrected chi connectivity index (χ4v) is 4.83. The topological polar surface area (TPSA) is 88.0 Å². The molecule has 7 nitrogen and oxygen atoms in total. The van der Waals surface area contributed by atoms with E-state index in [1.54, 1.807) is 6.20 Å². The summed E-state index contributed by atoms with van der Waals surface area (Å²) in [7, 11) is 0. The molecule has 3 N–H and O–H groups in total. The van der Waals surface area contributed by atoms with Crippen LogP contribution in [0.25, 0.3) is 5.69 Å². The molecule has 2 aliphatic heterocycles.